The molecule has 1 heterocycles. The van der Waals surface area contributed by atoms with Crippen molar-refractivity contribution in [2.75, 3.05) is 0 Å². The van der Waals surface area contributed by atoms with Crippen LogP contribution in [-0.4, -0.2) is 16.7 Å². The number of nitrogens with zero attached hydrogens (tertiary/aromatic N) is 3. The van der Waals surface area contributed by atoms with E-state index in [1.165, 1.54) is 0 Å². The van der Waals surface area contributed by atoms with Crippen molar-refractivity contribution in [3.63, 3.8) is 0 Å². The van der Waals surface area contributed by atoms with Gasteiger partial charge in [-0.15, -0.1) is 0 Å². The maximum Gasteiger partial charge on any atom is 0.245 e. The predicted molar refractivity (Wildman–Crippen MR) is 73.2 cm³/mol. The van der Waals surface area contributed by atoms with E-state index in [1.807, 2.05) is 18.2 Å². The number of benzene rings is 1. The monoisotopic (exact) mass is 292 g/mol. The zero-order chi connectivity index (χ0) is 16.0. The molecule has 6 nitrogen and oxygen atoms in total. The van der Waals surface area contributed by atoms with Gasteiger partial charge in [0.2, 0.25) is 5.91 Å². The van der Waals surface area contributed by atoms with E-state index in [0.717, 1.165) is 0 Å². The van der Waals surface area contributed by atoms with Gasteiger partial charge in [-0.25, -0.2) is 0 Å². The van der Waals surface area contributed by atoms with Gasteiger partial charge in [-0.3, -0.25) is 4.79 Å². The van der Waals surface area contributed by atoms with Gasteiger partial charge in [-0.05, 0) is 5.56 Å². The van der Waals surface area contributed by atoms with E-state index in [2.05, 4.69) is 5.32 Å². The van der Waals surface area contributed by atoms with E-state index in [4.69, 9.17) is 0 Å². The molecule has 108 valence electrons. The second kappa shape index (κ2) is 4.31. The molecule has 0 spiro atoms. The second-order valence-electron chi connectivity index (χ2n) is 5.88. The fraction of sp³-hybridized carbons (Fsp3) is 0.375. The van der Waals surface area contributed by atoms with Gasteiger partial charge < -0.3 is 10.4 Å². The molecule has 1 amide bonds. The van der Waals surface area contributed by atoms with Crippen LogP contribution in [0.25, 0.3) is 0 Å². The van der Waals surface area contributed by atoms with Crippen LogP contribution in [-0.2, 0) is 4.79 Å². The van der Waals surface area contributed by atoms with Gasteiger partial charge in [0.05, 0.1) is 18.2 Å². The zero-order valence-corrected chi connectivity index (χ0v) is 11.6. The van der Waals surface area contributed by atoms with Crippen LogP contribution in [0.5, 0.6) is 0 Å². The first-order valence-electron chi connectivity index (χ1n) is 6.81. The summed E-state index contributed by atoms with van der Waals surface area (Å²) in [6.07, 6.45) is -0.229. The number of hydrogen-bond acceptors (Lipinski definition) is 5. The quantitative estimate of drug-likeness (QED) is 0.797. The SMILES string of the molecule is N#CC1(C#N)[C@@H](c2ccccc2)C[C@]2(O)C[C@@]1(C#N)C(=O)N2. The zero-order valence-electron chi connectivity index (χ0n) is 11.6. The van der Waals surface area contributed by atoms with Crippen molar-refractivity contribution < 1.29 is 9.90 Å². The number of aliphatic hydroxyl groups is 1. The highest BCUT2D eigenvalue weighted by Gasteiger charge is 2.73. The highest BCUT2D eigenvalue weighted by molar-refractivity contribution is 5.91. The molecule has 0 radical (unpaired) electrons. The molecule has 0 unspecified atom stereocenters. The molecule has 1 aliphatic heterocycles. The highest BCUT2D eigenvalue weighted by Crippen LogP contribution is 2.62. The molecule has 1 aromatic carbocycles. The number of carbonyl (C=O) groups excluding carboxylic acids is 1. The van der Waals surface area contributed by atoms with E-state index < -0.39 is 28.4 Å². The highest BCUT2D eigenvalue weighted by atomic mass is 16.3. The minimum Gasteiger partial charge on any atom is -0.371 e. The number of fused-ring (bicyclic) bond motifs is 2. The summed E-state index contributed by atoms with van der Waals surface area (Å²) < 4.78 is 0. The van der Waals surface area contributed by atoms with Crippen LogP contribution >= 0.6 is 0 Å². The molecule has 2 fully saturated rings. The Balaban J connectivity index is 2.29. The van der Waals surface area contributed by atoms with Crippen molar-refractivity contribution in [1.29, 1.82) is 15.8 Å². The molecule has 3 rings (SSSR count). The third kappa shape index (κ3) is 1.46. The Morgan fingerprint density at radius 2 is 1.77 bits per heavy atom. The number of hydrogen-bond donors (Lipinski definition) is 2. The largest absolute Gasteiger partial charge is 0.371 e. The number of rotatable bonds is 1. The van der Waals surface area contributed by atoms with Gasteiger partial charge in [0.1, 0.15) is 5.72 Å². The Kier molecular flexibility index (Phi) is 2.75. The number of nitriles is 3. The molecule has 2 bridgehead atoms. The average molecular weight is 292 g/mol. The summed E-state index contributed by atoms with van der Waals surface area (Å²) in [5.74, 6) is -1.49. The lowest BCUT2D eigenvalue weighted by atomic mass is 9.51. The van der Waals surface area contributed by atoms with Crippen molar-refractivity contribution in [3.8, 4) is 18.2 Å². The minimum atomic E-state index is -1.87. The topological polar surface area (TPSA) is 121 Å². The molecule has 1 aliphatic carbocycles. The maximum atomic E-state index is 12.3. The molecule has 22 heavy (non-hydrogen) atoms. The van der Waals surface area contributed by atoms with Crippen LogP contribution in [0, 0.1) is 44.8 Å². The Hall–Kier alpha value is -2.88. The second-order valence-corrected chi connectivity index (χ2v) is 5.88. The fourth-order valence-corrected chi connectivity index (χ4v) is 3.71. The predicted octanol–water partition coefficient (Wildman–Crippen LogP) is 0.926. The maximum absolute atomic E-state index is 12.3. The molecule has 6 heteroatoms. The number of amides is 1. The van der Waals surface area contributed by atoms with Gasteiger partial charge in [-0.1, -0.05) is 30.3 Å². The smallest absolute Gasteiger partial charge is 0.245 e. The standard InChI is InChI=1S/C16H12N4O2/c17-8-14-7-16(22,20-13(14)21)6-12(15(14,9-18)10-19)11-4-2-1-3-5-11/h1-5,12,22H,6-7H2,(H,20,21)/t12-,14-,16+/m1/s1. The Bertz CT molecular complexity index is 756. The van der Waals surface area contributed by atoms with Crippen molar-refractivity contribution in [1.82, 2.24) is 5.32 Å². The Morgan fingerprint density at radius 1 is 1.14 bits per heavy atom. The van der Waals surface area contributed by atoms with Crippen LogP contribution in [0.1, 0.15) is 24.3 Å². The summed E-state index contributed by atoms with van der Waals surface area (Å²) in [4.78, 5) is 12.3. The fourth-order valence-electron chi connectivity index (χ4n) is 3.71. The molecule has 1 saturated heterocycles. The van der Waals surface area contributed by atoms with Crippen molar-refractivity contribution in [2.24, 2.45) is 10.8 Å². The van der Waals surface area contributed by atoms with Crippen LogP contribution in [0.3, 0.4) is 0 Å². The van der Waals surface area contributed by atoms with Gasteiger partial charge >= 0.3 is 0 Å². The first-order valence-corrected chi connectivity index (χ1v) is 6.81. The summed E-state index contributed by atoms with van der Waals surface area (Å²) >= 11 is 0. The van der Waals surface area contributed by atoms with Crippen molar-refractivity contribution in [2.45, 2.75) is 24.5 Å². The van der Waals surface area contributed by atoms with Crippen molar-refractivity contribution in [3.05, 3.63) is 35.9 Å². The van der Waals surface area contributed by atoms with E-state index in [-0.39, 0.29) is 12.8 Å². The molecular weight excluding hydrogens is 280 g/mol. The number of carbonyl (C=O) groups is 1. The van der Waals surface area contributed by atoms with Gasteiger partial charge in [-0.2, -0.15) is 15.8 Å². The van der Waals surface area contributed by atoms with Crippen molar-refractivity contribution >= 4 is 5.91 Å². The van der Waals surface area contributed by atoms with Gasteiger partial charge in [0.25, 0.3) is 0 Å². The molecular formula is C16H12N4O2. The Morgan fingerprint density at radius 3 is 2.32 bits per heavy atom. The average Bonchev–Trinajstić information content (AvgIpc) is 2.77. The first-order chi connectivity index (χ1) is 10.5. The minimum absolute atomic E-state index is 0.0211. The molecule has 3 atom stereocenters. The number of nitrogens with one attached hydrogen (secondary N) is 1. The van der Waals surface area contributed by atoms with Crippen LogP contribution in [0.15, 0.2) is 30.3 Å². The third-order valence-corrected chi connectivity index (χ3v) is 4.77. The van der Waals surface area contributed by atoms with Gasteiger partial charge in [0.15, 0.2) is 10.8 Å². The summed E-state index contributed by atoms with van der Waals surface area (Å²) in [6, 6.07) is 14.5. The van der Waals surface area contributed by atoms with Gasteiger partial charge in [0, 0.05) is 18.8 Å². The lowest BCUT2D eigenvalue weighted by molar-refractivity contribution is -0.128. The van der Waals surface area contributed by atoms with E-state index in [1.54, 1.807) is 30.3 Å². The molecule has 2 aliphatic rings. The lowest BCUT2D eigenvalue weighted by Gasteiger charge is -2.43. The first kappa shape index (κ1) is 14.1. The molecule has 1 aromatic rings. The van der Waals surface area contributed by atoms with E-state index in [0.29, 0.717) is 5.56 Å². The van der Waals surface area contributed by atoms with Crippen LogP contribution in [0.2, 0.25) is 0 Å². The van der Waals surface area contributed by atoms with Crippen LogP contribution < -0.4 is 5.32 Å². The molecule has 2 N–H and O–H groups in total. The van der Waals surface area contributed by atoms with Crippen LogP contribution in [0.4, 0.5) is 0 Å². The summed E-state index contributed by atoms with van der Waals surface area (Å²) in [7, 11) is 0. The summed E-state index contributed by atoms with van der Waals surface area (Å²) in [5.41, 5.74) is -4.62. The third-order valence-electron chi connectivity index (χ3n) is 4.77. The molecule has 1 saturated carbocycles. The Labute approximate surface area is 127 Å². The normalized spacial score (nSPS) is 34.8. The molecule has 0 aromatic heterocycles. The lowest BCUT2D eigenvalue weighted by Crippen LogP contribution is -2.52. The van der Waals surface area contributed by atoms with E-state index in [9.17, 15) is 25.7 Å². The van der Waals surface area contributed by atoms with E-state index >= 15 is 0 Å². The summed E-state index contributed by atoms with van der Waals surface area (Å²) in [5, 5.41) is 41.9. The summed E-state index contributed by atoms with van der Waals surface area (Å²) in [6.45, 7) is 0.